The summed E-state index contributed by atoms with van der Waals surface area (Å²) in [6, 6.07) is 58.7. The second-order valence-corrected chi connectivity index (χ2v) is 13.6. The highest BCUT2D eigenvalue weighted by Gasteiger charge is 2.16. The first-order valence-electron chi connectivity index (χ1n) is 18.5. The van der Waals surface area contributed by atoms with Gasteiger partial charge in [-0.3, -0.25) is 4.99 Å². The van der Waals surface area contributed by atoms with Gasteiger partial charge in [-0.15, -0.1) is 0 Å². The molecule has 0 aliphatic carbocycles. The number of aryl methyl sites for hydroxylation is 1. The molecule has 0 radical (unpaired) electrons. The molecule has 7 aromatic carbocycles. The Morgan fingerprint density at radius 3 is 1.63 bits per heavy atom. The van der Waals surface area contributed by atoms with E-state index in [0.29, 0.717) is 0 Å². The smallest absolute Gasteiger partial charge is 0.0719 e. The van der Waals surface area contributed by atoms with Crippen LogP contribution in [0, 0.1) is 6.92 Å². The molecule has 0 amide bonds. The molecule has 0 fully saturated rings. The molecule has 1 aliphatic heterocycles. The first kappa shape index (κ1) is 32.9. The molecule has 1 aliphatic rings. The summed E-state index contributed by atoms with van der Waals surface area (Å²) in [7, 11) is 0. The van der Waals surface area contributed by atoms with Crippen molar-refractivity contribution in [1.82, 2.24) is 9.13 Å². The summed E-state index contributed by atoms with van der Waals surface area (Å²) in [5, 5.41) is 4.99. The van der Waals surface area contributed by atoms with Gasteiger partial charge >= 0.3 is 0 Å². The lowest BCUT2D eigenvalue weighted by Crippen LogP contribution is -1.94. The van der Waals surface area contributed by atoms with Crippen LogP contribution in [0.4, 0.5) is 5.69 Å². The van der Waals surface area contributed by atoms with Crippen molar-refractivity contribution in [3.8, 4) is 22.5 Å². The van der Waals surface area contributed by atoms with Crippen LogP contribution in [-0.2, 0) is 0 Å². The van der Waals surface area contributed by atoms with E-state index >= 15 is 0 Å². The number of hydrogen-bond acceptors (Lipinski definition) is 1. The number of benzene rings is 7. The van der Waals surface area contributed by atoms with E-state index in [0.717, 1.165) is 23.4 Å². The van der Waals surface area contributed by atoms with Crippen molar-refractivity contribution >= 4 is 61.6 Å². The van der Waals surface area contributed by atoms with Gasteiger partial charge in [0.2, 0.25) is 0 Å². The standard InChI is InChI=1S/C44H31N3.C7H8/c1-2-4-13-27-45-40-30-35(24-21-31(40)14-6-3-1)47-42-20-12-10-18-37(42)39-29-33(23-26-44(39)47)32-22-25-43-38(28-32)36-17-9-11-19-41(36)46(43)34-15-7-5-8-16-34;1-7-5-3-2-4-6-7/h1-12,14-30H,13H2;2-6H,1H3/b3-1-,4-2-,14-6+,45-27?;. The van der Waals surface area contributed by atoms with E-state index < -0.39 is 0 Å². The molecule has 0 spiro atoms. The summed E-state index contributed by atoms with van der Waals surface area (Å²) in [6.45, 7) is 2.08. The summed E-state index contributed by atoms with van der Waals surface area (Å²) in [5.74, 6) is 0. The third-order valence-corrected chi connectivity index (χ3v) is 10.1. The molecular formula is C51H39N3. The molecule has 0 unspecified atom stereocenters. The highest BCUT2D eigenvalue weighted by atomic mass is 15.0. The highest BCUT2D eigenvalue weighted by molar-refractivity contribution is 6.12. The molecule has 0 atom stereocenters. The minimum atomic E-state index is 0.796. The van der Waals surface area contributed by atoms with E-state index in [-0.39, 0.29) is 0 Å². The minimum Gasteiger partial charge on any atom is -0.309 e. The van der Waals surface area contributed by atoms with Crippen LogP contribution in [0.25, 0.3) is 72.2 Å². The lowest BCUT2D eigenvalue weighted by atomic mass is 10.0. The second-order valence-electron chi connectivity index (χ2n) is 13.6. The van der Waals surface area contributed by atoms with Crippen molar-refractivity contribution in [3.63, 3.8) is 0 Å². The zero-order valence-corrected chi connectivity index (χ0v) is 30.2. The first-order chi connectivity index (χ1) is 26.7. The molecule has 3 nitrogen and oxygen atoms in total. The fourth-order valence-corrected chi connectivity index (χ4v) is 7.55. The number of aromatic nitrogens is 2. The Labute approximate surface area is 315 Å². The Morgan fingerprint density at radius 2 is 1.00 bits per heavy atom. The SMILES string of the molecule is C1=Nc2cc(-n3c4ccccc4c4cc(-c5ccc6c(c5)c5ccccc5n6-c5ccccc5)ccc43)ccc2/C=C/C=C\C=C/C1.Cc1ccccc1. The quantitative estimate of drug-likeness (QED) is 0.176. The van der Waals surface area contributed by atoms with E-state index in [1.807, 2.05) is 24.4 Å². The molecule has 0 saturated heterocycles. The maximum Gasteiger partial charge on any atom is 0.0719 e. The van der Waals surface area contributed by atoms with E-state index in [2.05, 4.69) is 198 Å². The van der Waals surface area contributed by atoms with Gasteiger partial charge in [-0.05, 0) is 78.7 Å². The third-order valence-electron chi connectivity index (χ3n) is 10.1. The molecule has 54 heavy (non-hydrogen) atoms. The number of allylic oxidation sites excluding steroid dienone is 5. The molecule has 3 heteroatoms. The lowest BCUT2D eigenvalue weighted by Gasteiger charge is -2.11. The van der Waals surface area contributed by atoms with Gasteiger partial charge < -0.3 is 9.13 Å². The highest BCUT2D eigenvalue weighted by Crippen LogP contribution is 2.39. The van der Waals surface area contributed by atoms with Crippen LogP contribution >= 0.6 is 0 Å². The van der Waals surface area contributed by atoms with Gasteiger partial charge in [0.25, 0.3) is 0 Å². The Morgan fingerprint density at radius 1 is 0.444 bits per heavy atom. The number of rotatable bonds is 3. The number of hydrogen-bond donors (Lipinski definition) is 0. The minimum absolute atomic E-state index is 0.796. The number of para-hydroxylation sites is 3. The van der Waals surface area contributed by atoms with E-state index in [1.54, 1.807) is 0 Å². The Kier molecular flexibility index (Phi) is 8.88. The molecule has 0 bridgehead atoms. The predicted octanol–water partition coefficient (Wildman–Crippen LogP) is 13.8. The van der Waals surface area contributed by atoms with Gasteiger partial charge in [0, 0.05) is 51.1 Å². The normalized spacial score (nSPS) is 14.3. The van der Waals surface area contributed by atoms with E-state index in [9.17, 15) is 0 Å². The van der Waals surface area contributed by atoms with Crippen LogP contribution in [0.1, 0.15) is 17.5 Å². The second kappa shape index (κ2) is 14.6. The Bertz CT molecular complexity index is 2900. The van der Waals surface area contributed by atoms with Crippen molar-refractivity contribution < 1.29 is 0 Å². The van der Waals surface area contributed by atoms with Crippen molar-refractivity contribution in [3.05, 3.63) is 205 Å². The zero-order chi connectivity index (χ0) is 36.3. The summed E-state index contributed by atoms with van der Waals surface area (Å²) in [4.78, 5) is 4.87. The fraction of sp³-hybridized carbons (Fsp3) is 0.0392. The summed E-state index contributed by atoms with van der Waals surface area (Å²) in [5.41, 5.74) is 12.9. The van der Waals surface area contributed by atoms with Crippen molar-refractivity contribution in [2.45, 2.75) is 13.3 Å². The summed E-state index contributed by atoms with van der Waals surface area (Å²) < 4.78 is 4.74. The first-order valence-corrected chi connectivity index (χ1v) is 18.5. The van der Waals surface area contributed by atoms with Gasteiger partial charge in [-0.1, -0.05) is 145 Å². The zero-order valence-electron chi connectivity index (χ0n) is 30.2. The van der Waals surface area contributed by atoms with E-state index in [1.165, 1.54) is 66.0 Å². The third kappa shape index (κ3) is 6.27. The van der Waals surface area contributed by atoms with Crippen molar-refractivity contribution in [1.29, 1.82) is 0 Å². The van der Waals surface area contributed by atoms with Crippen LogP contribution < -0.4 is 0 Å². The average molecular weight is 694 g/mol. The van der Waals surface area contributed by atoms with E-state index in [4.69, 9.17) is 4.99 Å². The molecular weight excluding hydrogens is 655 g/mol. The number of fused-ring (bicyclic) bond motifs is 7. The largest absolute Gasteiger partial charge is 0.309 e. The lowest BCUT2D eigenvalue weighted by molar-refractivity contribution is 1.18. The maximum absolute atomic E-state index is 4.87. The summed E-state index contributed by atoms with van der Waals surface area (Å²) >= 11 is 0. The Balaban J connectivity index is 0.000000496. The van der Waals surface area contributed by atoms with Crippen LogP contribution in [0.3, 0.4) is 0 Å². The molecule has 0 N–H and O–H groups in total. The average Bonchev–Trinajstić information content (AvgIpc) is 3.72. The van der Waals surface area contributed by atoms with Gasteiger partial charge in [0.15, 0.2) is 0 Å². The molecule has 9 aromatic rings. The number of nitrogens with zero attached hydrogens (tertiary/aromatic N) is 3. The Hall–Kier alpha value is -6.97. The van der Waals surface area contributed by atoms with Crippen LogP contribution in [-0.4, -0.2) is 15.3 Å². The number of aliphatic imine (C=N–C) groups is 1. The predicted molar refractivity (Wildman–Crippen MR) is 232 cm³/mol. The molecule has 0 saturated carbocycles. The van der Waals surface area contributed by atoms with Crippen LogP contribution in [0.5, 0.6) is 0 Å². The topological polar surface area (TPSA) is 22.2 Å². The molecule has 2 aromatic heterocycles. The van der Waals surface area contributed by atoms with Gasteiger partial charge in [-0.2, -0.15) is 0 Å². The van der Waals surface area contributed by atoms with Crippen LogP contribution in [0.2, 0.25) is 0 Å². The molecule has 3 heterocycles. The van der Waals surface area contributed by atoms with Gasteiger partial charge in [-0.25, -0.2) is 0 Å². The monoisotopic (exact) mass is 693 g/mol. The molecule has 10 rings (SSSR count). The maximum atomic E-state index is 4.87. The van der Waals surface area contributed by atoms with Gasteiger partial charge in [0.1, 0.15) is 0 Å². The van der Waals surface area contributed by atoms with Crippen LogP contribution in [0.15, 0.2) is 199 Å². The fourth-order valence-electron chi connectivity index (χ4n) is 7.55. The van der Waals surface area contributed by atoms with Crippen molar-refractivity contribution in [2.75, 3.05) is 0 Å². The van der Waals surface area contributed by atoms with Crippen molar-refractivity contribution in [2.24, 2.45) is 4.99 Å². The van der Waals surface area contributed by atoms with Gasteiger partial charge in [0.05, 0.1) is 27.8 Å². The molecule has 258 valence electrons. The summed E-state index contributed by atoms with van der Waals surface area (Å²) in [6.07, 6.45) is 15.3.